The number of nitrogens with two attached hydrogens (primary N) is 1. The highest BCUT2D eigenvalue weighted by atomic mass is 15.2. The lowest BCUT2D eigenvalue weighted by atomic mass is 9.93. The lowest BCUT2D eigenvalue weighted by Gasteiger charge is -2.30. The molecular weight excluding hydrogens is 232 g/mol. The van der Waals surface area contributed by atoms with Crippen LogP contribution < -0.4 is 5.73 Å². The van der Waals surface area contributed by atoms with E-state index in [1.54, 1.807) is 0 Å². The zero-order chi connectivity index (χ0) is 13.3. The third kappa shape index (κ3) is 2.55. The summed E-state index contributed by atoms with van der Waals surface area (Å²) >= 11 is 0. The Hall–Kier alpha value is -1.64. The summed E-state index contributed by atoms with van der Waals surface area (Å²) in [5.41, 5.74) is 10.3. The largest absolute Gasteiger partial charge is 0.321 e. The molecule has 0 aliphatic carbocycles. The Balaban J connectivity index is 1.74. The van der Waals surface area contributed by atoms with E-state index in [9.17, 15) is 0 Å². The van der Waals surface area contributed by atoms with Crippen molar-refractivity contribution in [2.75, 3.05) is 6.54 Å². The maximum atomic E-state index is 6.51. The molecule has 3 rings (SSSR count). The normalized spacial score (nSPS) is 18.0. The maximum Gasteiger partial charge on any atom is 0.0510 e. The molecule has 1 heterocycles. The summed E-state index contributed by atoms with van der Waals surface area (Å²) in [4.78, 5) is 2.43. The molecule has 2 heteroatoms. The Bertz CT molecular complexity index is 535. The highest BCUT2D eigenvalue weighted by Gasteiger charge is 2.27. The minimum atomic E-state index is -0.302. The van der Waals surface area contributed by atoms with E-state index in [0.717, 1.165) is 19.6 Å². The van der Waals surface area contributed by atoms with Crippen molar-refractivity contribution in [1.29, 1.82) is 0 Å². The zero-order valence-electron chi connectivity index (χ0n) is 11.3. The van der Waals surface area contributed by atoms with Gasteiger partial charge in [-0.3, -0.25) is 4.90 Å². The Morgan fingerprint density at radius 3 is 2.05 bits per heavy atom. The summed E-state index contributed by atoms with van der Waals surface area (Å²) < 4.78 is 0. The molecule has 2 N–H and O–H groups in total. The molecule has 0 bridgehead atoms. The lowest BCUT2D eigenvalue weighted by molar-refractivity contribution is 0.221. The standard InChI is InChI=1S/C17H20N2/c1-17(18,16-9-3-2-4-10-16)13-19-11-14-7-5-6-8-15(14)12-19/h2-10H,11-13,18H2,1H3. The van der Waals surface area contributed by atoms with Gasteiger partial charge in [-0.1, -0.05) is 54.6 Å². The van der Waals surface area contributed by atoms with Crippen molar-refractivity contribution in [3.05, 3.63) is 71.3 Å². The summed E-state index contributed by atoms with van der Waals surface area (Å²) in [7, 11) is 0. The number of benzene rings is 2. The van der Waals surface area contributed by atoms with Gasteiger partial charge in [-0.25, -0.2) is 0 Å². The second-order valence-electron chi connectivity index (χ2n) is 5.70. The summed E-state index contributed by atoms with van der Waals surface area (Å²) in [6.45, 7) is 5.02. The molecule has 2 nitrogen and oxygen atoms in total. The molecule has 0 fully saturated rings. The first-order valence-corrected chi connectivity index (χ1v) is 6.79. The Labute approximate surface area is 114 Å². The smallest absolute Gasteiger partial charge is 0.0510 e. The fraction of sp³-hybridized carbons (Fsp3) is 0.294. The highest BCUT2D eigenvalue weighted by molar-refractivity contribution is 5.31. The quantitative estimate of drug-likeness (QED) is 0.910. The van der Waals surface area contributed by atoms with E-state index in [-0.39, 0.29) is 5.54 Å². The Morgan fingerprint density at radius 2 is 1.47 bits per heavy atom. The van der Waals surface area contributed by atoms with Gasteiger partial charge in [0.25, 0.3) is 0 Å². The van der Waals surface area contributed by atoms with Crippen LogP contribution in [0.5, 0.6) is 0 Å². The fourth-order valence-electron chi connectivity index (χ4n) is 2.89. The average Bonchev–Trinajstić information content (AvgIpc) is 2.81. The van der Waals surface area contributed by atoms with Gasteiger partial charge in [0.2, 0.25) is 0 Å². The van der Waals surface area contributed by atoms with Crippen molar-refractivity contribution in [3.63, 3.8) is 0 Å². The molecule has 0 spiro atoms. The topological polar surface area (TPSA) is 29.3 Å². The minimum absolute atomic E-state index is 0.302. The van der Waals surface area contributed by atoms with E-state index in [0.29, 0.717) is 0 Å². The maximum absolute atomic E-state index is 6.51. The predicted octanol–water partition coefficient (Wildman–Crippen LogP) is 2.88. The number of nitrogens with zero attached hydrogens (tertiary/aromatic N) is 1. The van der Waals surface area contributed by atoms with Crippen LogP contribution in [0.2, 0.25) is 0 Å². The minimum Gasteiger partial charge on any atom is -0.321 e. The molecule has 0 radical (unpaired) electrons. The van der Waals surface area contributed by atoms with Gasteiger partial charge in [0, 0.05) is 19.6 Å². The van der Waals surface area contributed by atoms with Crippen molar-refractivity contribution < 1.29 is 0 Å². The molecule has 0 saturated heterocycles. The summed E-state index contributed by atoms with van der Waals surface area (Å²) in [6, 6.07) is 19.0. The monoisotopic (exact) mass is 252 g/mol. The molecule has 1 unspecified atom stereocenters. The SMILES string of the molecule is CC(N)(CN1Cc2ccccc2C1)c1ccccc1. The van der Waals surface area contributed by atoms with E-state index in [1.807, 2.05) is 6.07 Å². The highest BCUT2D eigenvalue weighted by Crippen LogP contribution is 2.26. The second-order valence-corrected chi connectivity index (χ2v) is 5.70. The fourth-order valence-corrected chi connectivity index (χ4v) is 2.89. The van der Waals surface area contributed by atoms with Crippen molar-refractivity contribution in [3.8, 4) is 0 Å². The number of hydrogen-bond acceptors (Lipinski definition) is 2. The van der Waals surface area contributed by atoms with Crippen molar-refractivity contribution in [2.24, 2.45) is 5.73 Å². The molecule has 98 valence electrons. The van der Waals surface area contributed by atoms with Gasteiger partial charge < -0.3 is 5.73 Å². The molecule has 2 aromatic rings. The van der Waals surface area contributed by atoms with Crippen LogP contribution in [0.4, 0.5) is 0 Å². The van der Waals surface area contributed by atoms with Crippen LogP contribution in [0.15, 0.2) is 54.6 Å². The van der Waals surface area contributed by atoms with E-state index < -0.39 is 0 Å². The van der Waals surface area contributed by atoms with Gasteiger partial charge in [0.1, 0.15) is 0 Å². The number of fused-ring (bicyclic) bond motifs is 1. The number of rotatable bonds is 3. The van der Waals surface area contributed by atoms with E-state index >= 15 is 0 Å². The Morgan fingerprint density at radius 1 is 0.947 bits per heavy atom. The lowest BCUT2D eigenvalue weighted by Crippen LogP contribution is -2.43. The van der Waals surface area contributed by atoms with E-state index in [4.69, 9.17) is 5.73 Å². The third-order valence-corrected chi connectivity index (χ3v) is 3.89. The van der Waals surface area contributed by atoms with Crippen LogP contribution in [-0.2, 0) is 18.6 Å². The first-order valence-electron chi connectivity index (χ1n) is 6.79. The summed E-state index contributed by atoms with van der Waals surface area (Å²) in [6.07, 6.45) is 0. The molecule has 19 heavy (non-hydrogen) atoms. The molecule has 1 atom stereocenters. The van der Waals surface area contributed by atoms with Crippen LogP contribution in [-0.4, -0.2) is 11.4 Å². The van der Waals surface area contributed by atoms with Crippen LogP contribution in [0.25, 0.3) is 0 Å². The Kier molecular flexibility index (Phi) is 3.13. The van der Waals surface area contributed by atoms with Gasteiger partial charge in [0.05, 0.1) is 5.54 Å². The van der Waals surface area contributed by atoms with Gasteiger partial charge in [0.15, 0.2) is 0 Å². The van der Waals surface area contributed by atoms with Crippen molar-refractivity contribution in [1.82, 2.24) is 4.90 Å². The van der Waals surface area contributed by atoms with Crippen LogP contribution in [0.3, 0.4) is 0 Å². The van der Waals surface area contributed by atoms with E-state index in [1.165, 1.54) is 16.7 Å². The van der Waals surface area contributed by atoms with Crippen molar-refractivity contribution in [2.45, 2.75) is 25.6 Å². The van der Waals surface area contributed by atoms with Crippen molar-refractivity contribution >= 4 is 0 Å². The third-order valence-electron chi connectivity index (χ3n) is 3.89. The molecule has 1 aliphatic heterocycles. The van der Waals surface area contributed by atoms with Crippen LogP contribution >= 0.6 is 0 Å². The molecule has 0 saturated carbocycles. The summed E-state index contributed by atoms with van der Waals surface area (Å²) in [5.74, 6) is 0. The molecule has 2 aromatic carbocycles. The second kappa shape index (κ2) is 4.80. The van der Waals surface area contributed by atoms with Crippen LogP contribution in [0.1, 0.15) is 23.6 Å². The first kappa shape index (κ1) is 12.4. The van der Waals surface area contributed by atoms with Gasteiger partial charge >= 0.3 is 0 Å². The van der Waals surface area contributed by atoms with Crippen LogP contribution in [0, 0.1) is 0 Å². The van der Waals surface area contributed by atoms with Gasteiger partial charge in [-0.2, -0.15) is 0 Å². The van der Waals surface area contributed by atoms with E-state index in [2.05, 4.69) is 60.4 Å². The molecule has 0 aromatic heterocycles. The summed E-state index contributed by atoms with van der Waals surface area (Å²) in [5, 5.41) is 0. The molecule has 0 amide bonds. The predicted molar refractivity (Wildman–Crippen MR) is 78.5 cm³/mol. The zero-order valence-corrected chi connectivity index (χ0v) is 11.3. The van der Waals surface area contributed by atoms with Gasteiger partial charge in [-0.05, 0) is 23.6 Å². The van der Waals surface area contributed by atoms with Gasteiger partial charge in [-0.15, -0.1) is 0 Å². The number of hydrogen-bond donors (Lipinski definition) is 1. The first-order chi connectivity index (χ1) is 9.15. The molecule has 1 aliphatic rings. The average molecular weight is 252 g/mol. The molecular formula is C17H20N2.